The number of nitrogen functional groups attached to an aromatic ring is 1. The SMILES string of the molecule is CCOC(=O)CN(CCOC)c1cc(N)ncn1. The molecule has 1 heterocycles. The van der Waals surface area contributed by atoms with Gasteiger partial charge >= 0.3 is 5.97 Å². The molecule has 0 bridgehead atoms. The fourth-order valence-corrected chi connectivity index (χ4v) is 1.37. The van der Waals surface area contributed by atoms with Crippen molar-refractivity contribution in [3.8, 4) is 0 Å². The molecule has 0 saturated heterocycles. The van der Waals surface area contributed by atoms with E-state index in [-0.39, 0.29) is 12.5 Å². The van der Waals surface area contributed by atoms with Gasteiger partial charge in [-0.3, -0.25) is 4.79 Å². The van der Waals surface area contributed by atoms with E-state index in [1.165, 1.54) is 6.33 Å². The van der Waals surface area contributed by atoms with E-state index < -0.39 is 0 Å². The topological polar surface area (TPSA) is 90.6 Å². The molecule has 1 aromatic rings. The van der Waals surface area contributed by atoms with E-state index in [9.17, 15) is 4.79 Å². The molecule has 7 nitrogen and oxygen atoms in total. The molecule has 0 saturated carbocycles. The molecule has 0 spiro atoms. The summed E-state index contributed by atoms with van der Waals surface area (Å²) in [7, 11) is 1.59. The maximum absolute atomic E-state index is 11.5. The van der Waals surface area contributed by atoms with Gasteiger partial charge in [0.1, 0.15) is 24.5 Å². The lowest BCUT2D eigenvalue weighted by Gasteiger charge is -2.22. The van der Waals surface area contributed by atoms with E-state index in [4.69, 9.17) is 15.2 Å². The molecule has 0 aliphatic heterocycles. The first-order valence-electron chi connectivity index (χ1n) is 5.64. The summed E-state index contributed by atoms with van der Waals surface area (Å²) in [4.78, 5) is 21.1. The summed E-state index contributed by atoms with van der Waals surface area (Å²) < 4.78 is 9.91. The Morgan fingerprint density at radius 3 is 2.89 bits per heavy atom. The third-order valence-electron chi connectivity index (χ3n) is 2.19. The number of hydrogen-bond acceptors (Lipinski definition) is 7. The van der Waals surface area contributed by atoms with Gasteiger partial charge in [0.05, 0.1) is 13.2 Å². The first-order valence-corrected chi connectivity index (χ1v) is 5.64. The van der Waals surface area contributed by atoms with Crippen molar-refractivity contribution in [1.29, 1.82) is 0 Å². The number of nitrogens with two attached hydrogens (primary N) is 1. The second-order valence-electron chi connectivity index (χ2n) is 3.52. The lowest BCUT2D eigenvalue weighted by molar-refractivity contribution is -0.141. The molecule has 0 aromatic carbocycles. The van der Waals surface area contributed by atoms with E-state index in [2.05, 4.69) is 9.97 Å². The Bertz CT molecular complexity index is 386. The Kier molecular flexibility index (Phi) is 5.86. The highest BCUT2D eigenvalue weighted by Crippen LogP contribution is 2.11. The molecule has 0 unspecified atom stereocenters. The zero-order chi connectivity index (χ0) is 13.4. The van der Waals surface area contributed by atoms with Gasteiger partial charge in [0.25, 0.3) is 0 Å². The molecule has 0 amide bonds. The fourth-order valence-electron chi connectivity index (χ4n) is 1.37. The Morgan fingerprint density at radius 2 is 2.28 bits per heavy atom. The highest BCUT2D eigenvalue weighted by atomic mass is 16.5. The van der Waals surface area contributed by atoms with Crippen LogP contribution in [0.3, 0.4) is 0 Å². The number of carbonyl (C=O) groups excluding carboxylic acids is 1. The lowest BCUT2D eigenvalue weighted by atomic mass is 10.4. The number of methoxy groups -OCH3 is 1. The largest absolute Gasteiger partial charge is 0.465 e. The van der Waals surface area contributed by atoms with Crippen LogP contribution in [0.5, 0.6) is 0 Å². The average Bonchev–Trinajstić information content (AvgIpc) is 2.34. The van der Waals surface area contributed by atoms with Crippen LogP contribution in [0.4, 0.5) is 11.6 Å². The van der Waals surface area contributed by atoms with Crippen molar-refractivity contribution in [3.63, 3.8) is 0 Å². The average molecular weight is 254 g/mol. The fraction of sp³-hybridized carbons (Fsp3) is 0.545. The van der Waals surface area contributed by atoms with E-state index >= 15 is 0 Å². The standard InChI is InChI=1S/C11H18N4O3/c1-3-18-11(16)7-15(4-5-17-2)10-6-9(12)13-8-14-10/h6,8H,3-5,7H2,1-2H3,(H2,12,13,14). The third kappa shape index (κ3) is 4.54. The van der Waals surface area contributed by atoms with Crippen molar-refractivity contribution in [2.75, 3.05) is 44.0 Å². The van der Waals surface area contributed by atoms with E-state index in [0.29, 0.717) is 31.4 Å². The lowest BCUT2D eigenvalue weighted by Crippen LogP contribution is -2.34. The van der Waals surface area contributed by atoms with Crippen molar-refractivity contribution in [3.05, 3.63) is 12.4 Å². The highest BCUT2D eigenvalue weighted by molar-refractivity contribution is 5.75. The molecule has 100 valence electrons. The van der Waals surface area contributed by atoms with Gasteiger partial charge in [-0.15, -0.1) is 0 Å². The minimum atomic E-state index is -0.314. The van der Waals surface area contributed by atoms with Gasteiger partial charge in [-0.2, -0.15) is 0 Å². The summed E-state index contributed by atoms with van der Waals surface area (Å²) >= 11 is 0. The van der Waals surface area contributed by atoms with E-state index in [1.807, 2.05) is 0 Å². The maximum atomic E-state index is 11.5. The van der Waals surface area contributed by atoms with Crippen LogP contribution in [0, 0.1) is 0 Å². The monoisotopic (exact) mass is 254 g/mol. The number of aromatic nitrogens is 2. The quantitative estimate of drug-likeness (QED) is 0.689. The second-order valence-corrected chi connectivity index (χ2v) is 3.52. The number of ether oxygens (including phenoxy) is 2. The van der Waals surface area contributed by atoms with Crippen LogP contribution in [0.15, 0.2) is 12.4 Å². The van der Waals surface area contributed by atoms with Crippen molar-refractivity contribution in [2.45, 2.75) is 6.92 Å². The van der Waals surface area contributed by atoms with Gasteiger partial charge in [-0.25, -0.2) is 9.97 Å². The zero-order valence-corrected chi connectivity index (χ0v) is 10.6. The van der Waals surface area contributed by atoms with Gasteiger partial charge in [-0.1, -0.05) is 0 Å². The van der Waals surface area contributed by atoms with Crippen LogP contribution in [-0.4, -0.2) is 49.4 Å². The third-order valence-corrected chi connectivity index (χ3v) is 2.19. The highest BCUT2D eigenvalue weighted by Gasteiger charge is 2.13. The second kappa shape index (κ2) is 7.44. The number of rotatable bonds is 7. The van der Waals surface area contributed by atoms with Crippen molar-refractivity contribution in [1.82, 2.24) is 9.97 Å². The van der Waals surface area contributed by atoms with Gasteiger partial charge in [0.15, 0.2) is 0 Å². The first kappa shape index (κ1) is 14.2. The number of nitrogens with zero attached hydrogens (tertiary/aromatic N) is 3. The summed E-state index contributed by atoms with van der Waals surface area (Å²) in [5, 5.41) is 0. The minimum Gasteiger partial charge on any atom is -0.465 e. The first-order chi connectivity index (χ1) is 8.67. The van der Waals surface area contributed by atoms with Crippen molar-refractivity contribution >= 4 is 17.6 Å². The van der Waals surface area contributed by atoms with Crippen LogP contribution in [0.1, 0.15) is 6.92 Å². The number of esters is 1. The van der Waals surface area contributed by atoms with Crippen LogP contribution in [0.25, 0.3) is 0 Å². The summed E-state index contributed by atoms with van der Waals surface area (Å²) in [5.74, 6) is 0.615. The predicted octanol–water partition coefficient (Wildman–Crippen LogP) is 0.0747. The smallest absolute Gasteiger partial charge is 0.325 e. The molecule has 0 aliphatic carbocycles. The Morgan fingerprint density at radius 1 is 1.50 bits per heavy atom. The van der Waals surface area contributed by atoms with Crippen LogP contribution in [0.2, 0.25) is 0 Å². The molecule has 18 heavy (non-hydrogen) atoms. The Balaban J connectivity index is 2.74. The van der Waals surface area contributed by atoms with Crippen molar-refractivity contribution in [2.24, 2.45) is 0 Å². The molecular formula is C11H18N4O3. The van der Waals surface area contributed by atoms with Gasteiger partial charge < -0.3 is 20.1 Å². The summed E-state index contributed by atoms with van der Waals surface area (Å²) in [6.07, 6.45) is 1.36. The molecular weight excluding hydrogens is 236 g/mol. The molecule has 0 aliphatic rings. The van der Waals surface area contributed by atoms with Gasteiger partial charge in [-0.05, 0) is 6.92 Å². The maximum Gasteiger partial charge on any atom is 0.325 e. The molecule has 0 radical (unpaired) electrons. The minimum absolute atomic E-state index is 0.105. The summed E-state index contributed by atoms with van der Waals surface area (Å²) in [5.41, 5.74) is 5.59. The van der Waals surface area contributed by atoms with Crippen LogP contribution < -0.4 is 10.6 Å². The van der Waals surface area contributed by atoms with Crippen LogP contribution >= 0.6 is 0 Å². The molecule has 0 atom stereocenters. The Labute approximate surface area is 106 Å². The molecule has 2 N–H and O–H groups in total. The van der Waals surface area contributed by atoms with Gasteiger partial charge in [0.2, 0.25) is 0 Å². The summed E-state index contributed by atoms with van der Waals surface area (Å²) in [6, 6.07) is 1.61. The molecule has 7 heteroatoms. The predicted molar refractivity (Wildman–Crippen MR) is 67.2 cm³/mol. The summed E-state index contributed by atoms with van der Waals surface area (Å²) in [6.45, 7) is 3.21. The zero-order valence-electron chi connectivity index (χ0n) is 10.6. The molecule has 1 rings (SSSR count). The van der Waals surface area contributed by atoms with E-state index in [1.54, 1.807) is 25.0 Å². The van der Waals surface area contributed by atoms with E-state index in [0.717, 1.165) is 0 Å². The Hall–Kier alpha value is -1.89. The number of carbonyl (C=O) groups is 1. The van der Waals surface area contributed by atoms with Gasteiger partial charge in [0, 0.05) is 19.7 Å². The molecule has 1 aromatic heterocycles. The normalized spacial score (nSPS) is 10.1. The number of anilines is 2. The number of hydrogen-bond donors (Lipinski definition) is 1. The van der Waals surface area contributed by atoms with Crippen molar-refractivity contribution < 1.29 is 14.3 Å². The van der Waals surface area contributed by atoms with Crippen LogP contribution in [-0.2, 0) is 14.3 Å². The molecule has 0 fully saturated rings.